The van der Waals surface area contributed by atoms with Crippen LogP contribution in [0.15, 0.2) is 47.0 Å². The molecule has 0 N–H and O–H groups in total. The number of hydrogen-bond donors (Lipinski definition) is 0. The van der Waals surface area contributed by atoms with Gasteiger partial charge in [-0.3, -0.25) is 0 Å². The molecule has 1 aromatic carbocycles. The maximum absolute atomic E-state index is 3.55. The first-order chi connectivity index (χ1) is 7.22. The Morgan fingerprint density at radius 1 is 1.33 bits per heavy atom. The molecule has 0 saturated carbocycles. The summed E-state index contributed by atoms with van der Waals surface area (Å²) in [6.45, 7) is 4.42. The first kappa shape index (κ1) is 12.3. The van der Waals surface area contributed by atoms with Gasteiger partial charge in [0.15, 0.2) is 0 Å². The van der Waals surface area contributed by atoms with Gasteiger partial charge in [-0.25, -0.2) is 0 Å². The molecule has 0 aliphatic heterocycles. The van der Waals surface area contributed by atoms with Gasteiger partial charge in [-0.05, 0) is 17.6 Å². The molecule has 15 heavy (non-hydrogen) atoms. The molecule has 0 nitrogen and oxygen atoms in total. The molecule has 80 valence electrons. The highest BCUT2D eigenvalue weighted by atomic mass is 79.9. The highest BCUT2D eigenvalue weighted by Gasteiger charge is 1.93. The van der Waals surface area contributed by atoms with Crippen molar-refractivity contribution < 1.29 is 0 Å². The summed E-state index contributed by atoms with van der Waals surface area (Å²) in [5, 5.41) is 0. The molecule has 0 unspecified atom stereocenters. The summed E-state index contributed by atoms with van der Waals surface area (Å²) in [6.07, 6.45) is 7.62. The van der Waals surface area contributed by atoms with Gasteiger partial charge in [-0.15, -0.1) is 0 Å². The first-order valence-electron chi connectivity index (χ1n) is 5.33. The van der Waals surface area contributed by atoms with Crippen molar-refractivity contribution >= 4 is 22.0 Å². The summed E-state index contributed by atoms with van der Waals surface area (Å²) in [6, 6.07) is 10.3. The molecule has 0 aromatic heterocycles. The second kappa shape index (κ2) is 6.62. The Morgan fingerprint density at radius 2 is 2.00 bits per heavy atom. The summed E-state index contributed by atoms with van der Waals surface area (Å²) in [4.78, 5) is 0. The molecule has 0 fully saturated rings. The summed E-state index contributed by atoms with van der Waals surface area (Å²) < 4.78 is 1.15. The molecule has 1 atom stereocenters. The third-order valence-corrected chi connectivity index (χ3v) is 2.85. The lowest BCUT2D eigenvalue weighted by atomic mass is 10.1. The maximum atomic E-state index is 3.55. The molecule has 1 aromatic rings. The molecule has 0 aliphatic carbocycles. The van der Waals surface area contributed by atoms with Crippen molar-refractivity contribution in [3.05, 3.63) is 52.5 Å². The van der Waals surface area contributed by atoms with Gasteiger partial charge in [0.25, 0.3) is 0 Å². The molecule has 0 saturated heterocycles. The minimum Gasteiger partial charge on any atom is -0.0674 e. The maximum Gasteiger partial charge on any atom is 0.0138 e. The number of hydrogen-bond acceptors (Lipinski definition) is 0. The van der Waals surface area contributed by atoms with E-state index in [9.17, 15) is 0 Å². The summed E-state index contributed by atoms with van der Waals surface area (Å²) in [5.41, 5.74) is 1.23. The fourth-order valence-electron chi connectivity index (χ4n) is 1.19. The van der Waals surface area contributed by atoms with Crippen LogP contribution in [0.5, 0.6) is 0 Å². The molecule has 1 rings (SSSR count). The number of benzene rings is 1. The summed E-state index contributed by atoms with van der Waals surface area (Å²) in [5.74, 6) is 0.625. The lowest BCUT2D eigenvalue weighted by Crippen LogP contribution is -1.84. The highest BCUT2D eigenvalue weighted by Crippen LogP contribution is 2.15. The third kappa shape index (κ3) is 4.98. The average molecular weight is 265 g/mol. The van der Waals surface area contributed by atoms with E-state index in [4.69, 9.17) is 0 Å². The van der Waals surface area contributed by atoms with Crippen molar-refractivity contribution in [1.82, 2.24) is 0 Å². The van der Waals surface area contributed by atoms with Crippen molar-refractivity contribution in [2.45, 2.75) is 20.3 Å². The van der Waals surface area contributed by atoms with E-state index in [0.717, 1.165) is 4.48 Å². The smallest absolute Gasteiger partial charge is 0.0138 e. The quantitative estimate of drug-likeness (QED) is 0.670. The van der Waals surface area contributed by atoms with Gasteiger partial charge in [0.1, 0.15) is 0 Å². The van der Waals surface area contributed by atoms with E-state index < -0.39 is 0 Å². The van der Waals surface area contributed by atoms with Crippen molar-refractivity contribution in [3.63, 3.8) is 0 Å². The summed E-state index contributed by atoms with van der Waals surface area (Å²) >= 11 is 3.55. The lowest BCUT2D eigenvalue weighted by Gasteiger charge is -2.00. The molecular weight excluding hydrogens is 248 g/mol. The lowest BCUT2D eigenvalue weighted by molar-refractivity contribution is 0.698. The van der Waals surface area contributed by atoms with Gasteiger partial charge in [0.2, 0.25) is 0 Å². The predicted octanol–water partition coefficient (Wildman–Crippen LogP) is 5.02. The molecule has 0 amide bonds. The molecule has 0 spiro atoms. The fourth-order valence-corrected chi connectivity index (χ4v) is 1.77. The van der Waals surface area contributed by atoms with E-state index in [1.807, 2.05) is 18.2 Å². The van der Waals surface area contributed by atoms with Crippen LogP contribution >= 0.6 is 15.9 Å². The monoisotopic (exact) mass is 264 g/mol. The van der Waals surface area contributed by atoms with E-state index in [0.29, 0.717) is 5.92 Å². The molecule has 0 radical (unpaired) electrons. The van der Waals surface area contributed by atoms with Crippen molar-refractivity contribution in [2.75, 3.05) is 0 Å². The van der Waals surface area contributed by atoms with Gasteiger partial charge in [0.05, 0.1) is 0 Å². The second-order valence-electron chi connectivity index (χ2n) is 3.68. The standard InChI is InChI=1S/C14H17Br/c1-3-12(2)11-14(15)10-9-13-7-5-4-6-8-13/h4-12H,3H2,1-2H3/b10-9+,14-11-/t12-/m0/s1. The predicted molar refractivity (Wildman–Crippen MR) is 71.9 cm³/mol. The van der Waals surface area contributed by atoms with Gasteiger partial charge in [-0.2, -0.15) is 0 Å². The van der Waals surface area contributed by atoms with Gasteiger partial charge in [-0.1, -0.05) is 78.7 Å². The fraction of sp³-hybridized carbons (Fsp3) is 0.286. The number of halogens is 1. The Hall–Kier alpha value is -0.820. The Kier molecular flexibility index (Phi) is 5.41. The van der Waals surface area contributed by atoms with Crippen LogP contribution in [0.4, 0.5) is 0 Å². The topological polar surface area (TPSA) is 0 Å². The molecule has 0 bridgehead atoms. The summed E-state index contributed by atoms with van der Waals surface area (Å²) in [7, 11) is 0. The zero-order chi connectivity index (χ0) is 11.1. The van der Waals surface area contributed by atoms with Crippen LogP contribution < -0.4 is 0 Å². The Balaban J connectivity index is 2.62. The zero-order valence-corrected chi connectivity index (χ0v) is 10.9. The molecular formula is C14H17Br. The van der Waals surface area contributed by atoms with E-state index in [1.54, 1.807) is 0 Å². The molecule has 1 heteroatoms. The van der Waals surface area contributed by atoms with Crippen LogP contribution in [0, 0.1) is 5.92 Å². The van der Waals surface area contributed by atoms with Crippen LogP contribution in [-0.4, -0.2) is 0 Å². The Morgan fingerprint density at radius 3 is 2.60 bits per heavy atom. The van der Waals surface area contributed by atoms with Crippen LogP contribution in [-0.2, 0) is 0 Å². The second-order valence-corrected chi connectivity index (χ2v) is 4.60. The molecule has 0 aliphatic rings. The first-order valence-corrected chi connectivity index (χ1v) is 6.12. The zero-order valence-electron chi connectivity index (χ0n) is 9.28. The largest absolute Gasteiger partial charge is 0.0674 e. The van der Waals surface area contributed by atoms with Gasteiger partial charge < -0.3 is 0 Å². The molecule has 0 heterocycles. The third-order valence-electron chi connectivity index (χ3n) is 2.32. The van der Waals surface area contributed by atoms with Crippen LogP contribution in [0.25, 0.3) is 6.08 Å². The van der Waals surface area contributed by atoms with Crippen molar-refractivity contribution in [2.24, 2.45) is 5.92 Å². The van der Waals surface area contributed by atoms with Crippen molar-refractivity contribution in [3.8, 4) is 0 Å². The van der Waals surface area contributed by atoms with Crippen LogP contribution in [0.3, 0.4) is 0 Å². The Bertz CT molecular complexity index is 336. The van der Waals surface area contributed by atoms with Crippen LogP contribution in [0.2, 0.25) is 0 Å². The van der Waals surface area contributed by atoms with E-state index in [2.05, 4.69) is 60.1 Å². The number of allylic oxidation sites excluding steroid dienone is 3. The van der Waals surface area contributed by atoms with E-state index >= 15 is 0 Å². The van der Waals surface area contributed by atoms with E-state index in [-0.39, 0.29) is 0 Å². The SMILES string of the molecule is CC[C@H](C)/C=C(Br)/C=C/c1ccccc1. The van der Waals surface area contributed by atoms with Gasteiger partial charge in [0, 0.05) is 4.48 Å². The minimum absolute atomic E-state index is 0.625. The average Bonchev–Trinajstić information content (AvgIpc) is 2.27. The highest BCUT2D eigenvalue weighted by molar-refractivity contribution is 9.11. The van der Waals surface area contributed by atoms with Gasteiger partial charge >= 0.3 is 0 Å². The Labute approximate surface area is 101 Å². The van der Waals surface area contributed by atoms with Crippen molar-refractivity contribution in [1.29, 1.82) is 0 Å². The van der Waals surface area contributed by atoms with Crippen LogP contribution in [0.1, 0.15) is 25.8 Å². The number of rotatable bonds is 4. The van der Waals surface area contributed by atoms with E-state index in [1.165, 1.54) is 12.0 Å². The minimum atomic E-state index is 0.625. The normalized spacial score (nSPS) is 14.5.